The minimum absolute atomic E-state index is 0.245. The van der Waals surface area contributed by atoms with Gasteiger partial charge in [0.05, 0.1) is 5.69 Å². The summed E-state index contributed by atoms with van der Waals surface area (Å²) >= 11 is 0. The summed E-state index contributed by atoms with van der Waals surface area (Å²) in [6.45, 7) is 3.76. The second kappa shape index (κ2) is 5.81. The third kappa shape index (κ3) is 3.20. The Morgan fingerprint density at radius 2 is 2.05 bits per heavy atom. The van der Waals surface area contributed by atoms with E-state index in [1.807, 2.05) is 13.8 Å². The van der Waals surface area contributed by atoms with Gasteiger partial charge in [0.1, 0.15) is 0 Å². The number of hydrogen-bond acceptors (Lipinski definition) is 2. The van der Waals surface area contributed by atoms with Gasteiger partial charge in [0.15, 0.2) is 11.6 Å². The number of carbonyl (C=O) groups excluding carboxylic acids is 1. The normalized spacial score (nSPS) is 10.6. The quantitative estimate of drug-likeness (QED) is 0.904. The summed E-state index contributed by atoms with van der Waals surface area (Å²) < 4.78 is 25.8. The smallest absolute Gasteiger partial charge is 0.224 e. The molecular formula is C14H15F2N3O. The second-order valence-electron chi connectivity index (χ2n) is 4.59. The van der Waals surface area contributed by atoms with Crippen molar-refractivity contribution < 1.29 is 13.6 Å². The van der Waals surface area contributed by atoms with Crippen LogP contribution in [0.25, 0.3) is 0 Å². The van der Waals surface area contributed by atoms with E-state index in [1.165, 1.54) is 6.07 Å². The van der Waals surface area contributed by atoms with Crippen LogP contribution >= 0.6 is 0 Å². The minimum Gasteiger partial charge on any atom is -0.326 e. The van der Waals surface area contributed by atoms with Crippen molar-refractivity contribution in [2.24, 2.45) is 0 Å². The summed E-state index contributed by atoms with van der Waals surface area (Å²) in [7, 11) is 0. The number of anilines is 1. The minimum atomic E-state index is -0.982. The number of aryl methyl sites for hydroxylation is 2. The molecule has 1 amide bonds. The number of hydrogen-bond donors (Lipinski definition) is 2. The number of nitrogens with one attached hydrogen (secondary N) is 2. The van der Waals surface area contributed by atoms with Crippen molar-refractivity contribution in [2.45, 2.75) is 26.7 Å². The zero-order chi connectivity index (χ0) is 14.7. The van der Waals surface area contributed by atoms with Gasteiger partial charge in [0, 0.05) is 23.9 Å². The lowest BCUT2D eigenvalue weighted by Gasteiger charge is -2.06. The molecule has 4 nitrogen and oxygen atoms in total. The Morgan fingerprint density at radius 3 is 2.65 bits per heavy atom. The molecule has 6 heteroatoms. The van der Waals surface area contributed by atoms with E-state index in [4.69, 9.17) is 0 Å². The molecule has 20 heavy (non-hydrogen) atoms. The summed E-state index contributed by atoms with van der Waals surface area (Å²) in [5.74, 6) is -2.17. The van der Waals surface area contributed by atoms with Crippen molar-refractivity contribution in [1.82, 2.24) is 10.2 Å². The highest BCUT2D eigenvalue weighted by Crippen LogP contribution is 2.15. The molecule has 0 bridgehead atoms. The van der Waals surface area contributed by atoms with Crippen molar-refractivity contribution in [3.05, 3.63) is 46.8 Å². The molecule has 0 aliphatic rings. The summed E-state index contributed by atoms with van der Waals surface area (Å²) in [5.41, 5.74) is 3.05. The van der Waals surface area contributed by atoms with Crippen LogP contribution in [-0.2, 0) is 11.2 Å². The fourth-order valence-corrected chi connectivity index (χ4v) is 1.98. The molecule has 0 atom stereocenters. The maximum Gasteiger partial charge on any atom is 0.224 e. The van der Waals surface area contributed by atoms with E-state index in [0.717, 1.165) is 29.1 Å². The Kier molecular flexibility index (Phi) is 4.12. The molecule has 2 rings (SSSR count). The first-order chi connectivity index (χ1) is 9.47. The molecule has 1 heterocycles. The molecule has 1 aromatic heterocycles. The van der Waals surface area contributed by atoms with Gasteiger partial charge >= 0.3 is 0 Å². The largest absolute Gasteiger partial charge is 0.326 e. The summed E-state index contributed by atoms with van der Waals surface area (Å²) in [6.07, 6.45) is 0.796. The first-order valence-corrected chi connectivity index (χ1v) is 6.22. The van der Waals surface area contributed by atoms with E-state index in [2.05, 4.69) is 15.5 Å². The fraction of sp³-hybridized carbons (Fsp3) is 0.286. The van der Waals surface area contributed by atoms with Gasteiger partial charge in [0.25, 0.3) is 0 Å². The van der Waals surface area contributed by atoms with Gasteiger partial charge in [-0.2, -0.15) is 5.10 Å². The number of H-pyrrole nitrogens is 1. The summed E-state index contributed by atoms with van der Waals surface area (Å²) in [5, 5.41) is 9.44. The first-order valence-electron chi connectivity index (χ1n) is 6.22. The lowest BCUT2D eigenvalue weighted by molar-refractivity contribution is -0.116. The number of nitrogens with zero attached hydrogens (tertiary/aromatic N) is 1. The number of aromatic nitrogens is 2. The average Bonchev–Trinajstić information content (AvgIpc) is 2.71. The highest BCUT2D eigenvalue weighted by molar-refractivity contribution is 5.90. The van der Waals surface area contributed by atoms with Crippen LogP contribution in [-0.4, -0.2) is 16.1 Å². The van der Waals surface area contributed by atoms with Gasteiger partial charge in [-0.1, -0.05) is 0 Å². The predicted molar refractivity (Wildman–Crippen MR) is 71.4 cm³/mol. The molecule has 0 saturated heterocycles. The van der Waals surface area contributed by atoms with E-state index in [9.17, 15) is 13.6 Å². The van der Waals surface area contributed by atoms with Gasteiger partial charge < -0.3 is 5.32 Å². The number of carbonyl (C=O) groups is 1. The lowest BCUT2D eigenvalue weighted by atomic mass is 10.1. The van der Waals surface area contributed by atoms with Crippen LogP contribution in [0.4, 0.5) is 14.5 Å². The van der Waals surface area contributed by atoms with Gasteiger partial charge in [-0.25, -0.2) is 8.78 Å². The van der Waals surface area contributed by atoms with E-state index >= 15 is 0 Å². The number of halogens is 2. The molecular weight excluding hydrogens is 264 g/mol. The standard InChI is InChI=1S/C14H15F2N3O/c1-8-11(9(2)19-18-8)4-6-14(20)17-10-3-5-12(15)13(16)7-10/h3,5,7H,4,6H2,1-2H3,(H,17,20)(H,18,19). The van der Waals surface area contributed by atoms with Crippen LogP contribution in [0.2, 0.25) is 0 Å². The first kappa shape index (κ1) is 14.2. The number of aromatic amines is 1. The van der Waals surface area contributed by atoms with Gasteiger partial charge in [0.2, 0.25) is 5.91 Å². The van der Waals surface area contributed by atoms with Crippen LogP contribution in [0.5, 0.6) is 0 Å². The topological polar surface area (TPSA) is 57.8 Å². The van der Waals surface area contributed by atoms with Crippen LogP contribution < -0.4 is 5.32 Å². The molecule has 0 fully saturated rings. The highest BCUT2D eigenvalue weighted by atomic mass is 19.2. The lowest BCUT2D eigenvalue weighted by Crippen LogP contribution is -2.13. The SMILES string of the molecule is Cc1n[nH]c(C)c1CCC(=O)Nc1ccc(F)c(F)c1. The number of rotatable bonds is 4. The third-order valence-corrected chi connectivity index (χ3v) is 3.09. The molecule has 1 aromatic carbocycles. The molecule has 106 valence electrons. The summed E-state index contributed by atoms with van der Waals surface area (Å²) in [6, 6.07) is 3.27. The van der Waals surface area contributed by atoms with E-state index < -0.39 is 11.6 Å². The molecule has 2 aromatic rings. The highest BCUT2D eigenvalue weighted by Gasteiger charge is 2.10. The van der Waals surface area contributed by atoms with Crippen LogP contribution in [0, 0.1) is 25.5 Å². The van der Waals surface area contributed by atoms with Crippen molar-refractivity contribution >= 4 is 11.6 Å². The molecule has 0 saturated carbocycles. The summed E-state index contributed by atoms with van der Waals surface area (Å²) in [4.78, 5) is 11.8. The number of benzene rings is 1. The maximum atomic E-state index is 13.0. The zero-order valence-electron chi connectivity index (χ0n) is 11.3. The Balaban J connectivity index is 1.94. The van der Waals surface area contributed by atoms with E-state index in [0.29, 0.717) is 6.42 Å². The molecule has 0 spiro atoms. The Hall–Kier alpha value is -2.24. The van der Waals surface area contributed by atoms with Gasteiger partial charge in [-0.05, 0) is 38.0 Å². The molecule has 0 aliphatic heterocycles. The van der Waals surface area contributed by atoms with Crippen molar-refractivity contribution in [3.63, 3.8) is 0 Å². The second-order valence-corrected chi connectivity index (χ2v) is 4.59. The number of amides is 1. The van der Waals surface area contributed by atoms with Crippen LogP contribution in [0.1, 0.15) is 23.4 Å². The third-order valence-electron chi connectivity index (χ3n) is 3.09. The van der Waals surface area contributed by atoms with Gasteiger partial charge in [-0.3, -0.25) is 9.89 Å². The van der Waals surface area contributed by atoms with E-state index in [1.54, 1.807) is 0 Å². The Morgan fingerprint density at radius 1 is 1.30 bits per heavy atom. The average molecular weight is 279 g/mol. The maximum absolute atomic E-state index is 13.0. The molecule has 2 N–H and O–H groups in total. The monoisotopic (exact) mass is 279 g/mol. The molecule has 0 unspecified atom stereocenters. The Bertz CT molecular complexity index is 618. The zero-order valence-corrected chi connectivity index (χ0v) is 11.3. The van der Waals surface area contributed by atoms with Crippen molar-refractivity contribution in [1.29, 1.82) is 0 Å². The Labute approximate surface area is 115 Å². The molecule has 0 aliphatic carbocycles. The molecule has 0 radical (unpaired) electrons. The van der Waals surface area contributed by atoms with E-state index in [-0.39, 0.29) is 18.0 Å². The predicted octanol–water partition coefficient (Wildman–Crippen LogP) is 2.88. The van der Waals surface area contributed by atoms with Crippen LogP contribution in [0.15, 0.2) is 18.2 Å². The fourth-order valence-electron chi connectivity index (χ4n) is 1.98. The van der Waals surface area contributed by atoms with Crippen molar-refractivity contribution in [3.8, 4) is 0 Å². The van der Waals surface area contributed by atoms with Crippen molar-refractivity contribution in [2.75, 3.05) is 5.32 Å². The van der Waals surface area contributed by atoms with Crippen LogP contribution in [0.3, 0.4) is 0 Å². The van der Waals surface area contributed by atoms with Gasteiger partial charge in [-0.15, -0.1) is 0 Å².